The molecule has 3 N–H and O–H groups in total. The van der Waals surface area contributed by atoms with E-state index in [4.69, 9.17) is 4.74 Å². The number of methoxy groups -OCH3 is 1. The monoisotopic (exact) mass is 409 g/mol. The molecule has 2 heterocycles. The normalized spacial score (nSPS) is 15.5. The van der Waals surface area contributed by atoms with Gasteiger partial charge in [0.2, 0.25) is 5.91 Å². The number of rotatable bonds is 4. The van der Waals surface area contributed by atoms with Gasteiger partial charge in [-0.2, -0.15) is 0 Å². The third-order valence-electron chi connectivity index (χ3n) is 5.05. The maximum absolute atomic E-state index is 12.5. The number of hydrogen-bond donors (Lipinski definition) is 3. The molecule has 1 unspecified atom stereocenters. The van der Waals surface area contributed by atoms with Gasteiger partial charge in [0, 0.05) is 22.8 Å². The summed E-state index contributed by atoms with van der Waals surface area (Å²) in [6.07, 6.45) is 0.172. The molecule has 0 saturated heterocycles. The molecule has 7 heteroatoms. The van der Waals surface area contributed by atoms with Gasteiger partial charge in [0.05, 0.1) is 12.8 Å². The molecule has 0 fully saturated rings. The minimum atomic E-state index is -1.04. The zero-order valence-corrected chi connectivity index (χ0v) is 16.7. The summed E-state index contributed by atoms with van der Waals surface area (Å²) in [4.78, 5) is 25.4. The number of benzene rings is 2. The summed E-state index contributed by atoms with van der Waals surface area (Å²) in [5, 5.41) is 22.9. The molecule has 1 atom stereocenters. The van der Waals surface area contributed by atoms with Crippen LogP contribution in [-0.2, 0) is 4.79 Å². The van der Waals surface area contributed by atoms with Crippen LogP contribution >= 0.6 is 11.3 Å². The first-order valence-corrected chi connectivity index (χ1v) is 9.84. The van der Waals surface area contributed by atoms with E-state index >= 15 is 0 Å². The van der Waals surface area contributed by atoms with Crippen LogP contribution in [0.1, 0.15) is 38.0 Å². The van der Waals surface area contributed by atoms with E-state index in [1.165, 1.54) is 7.11 Å². The van der Waals surface area contributed by atoms with Gasteiger partial charge in [-0.15, -0.1) is 11.3 Å². The van der Waals surface area contributed by atoms with Crippen LogP contribution in [0.25, 0.3) is 11.1 Å². The molecule has 0 bridgehead atoms. The van der Waals surface area contributed by atoms with Crippen LogP contribution in [0, 0.1) is 6.92 Å². The molecular formula is C22H19NO5S. The van der Waals surface area contributed by atoms with Crippen molar-refractivity contribution in [3.63, 3.8) is 0 Å². The van der Waals surface area contributed by atoms with Crippen molar-refractivity contribution in [2.75, 3.05) is 12.4 Å². The number of aryl methyl sites for hydroxylation is 1. The molecule has 4 rings (SSSR count). The minimum absolute atomic E-state index is 0.0219. The SMILES string of the molecule is COc1ccc(C2CC(=O)Nc3c2sc(C(=O)O)c3-c2ccc(C)cc2)cc1O. The summed E-state index contributed by atoms with van der Waals surface area (Å²) >= 11 is 1.16. The largest absolute Gasteiger partial charge is 0.504 e. The zero-order chi connectivity index (χ0) is 20.7. The van der Waals surface area contributed by atoms with Gasteiger partial charge in [0.25, 0.3) is 0 Å². The first-order valence-electron chi connectivity index (χ1n) is 9.02. The Morgan fingerprint density at radius 2 is 1.93 bits per heavy atom. The lowest BCUT2D eigenvalue weighted by Gasteiger charge is -2.24. The Morgan fingerprint density at radius 3 is 2.55 bits per heavy atom. The number of fused-ring (bicyclic) bond motifs is 1. The number of hydrogen-bond acceptors (Lipinski definition) is 5. The molecule has 1 amide bonds. The Bertz CT molecular complexity index is 1120. The van der Waals surface area contributed by atoms with Crippen LogP contribution in [0.3, 0.4) is 0 Å². The van der Waals surface area contributed by atoms with Crippen molar-refractivity contribution in [3.05, 3.63) is 63.3 Å². The summed E-state index contributed by atoms with van der Waals surface area (Å²) in [6, 6.07) is 12.5. The first-order chi connectivity index (χ1) is 13.9. The number of carbonyl (C=O) groups excluding carboxylic acids is 1. The van der Waals surface area contributed by atoms with E-state index in [0.717, 1.165) is 32.9 Å². The van der Waals surface area contributed by atoms with Crippen molar-refractivity contribution in [3.8, 4) is 22.6 Å². The van der Waals surface area contributed by atoms with Crippen LogP contribution in [-0.4, -0.2) is 29.2 Å². The number of nitrogens with one attached hydrogen (secondary N) is 1. The minimum Gasteiger partial charge on any atom is -0.504 e. The van der Waals surface area contributed by atoms with E-state index < -0.39 is 5.97 Å². The smallest absolute Gasteiger partial charge is 0.346 e. The van der Waals surface area contributed by atoms with Gasteiger partial charge in [-0.25, -0.2) is 4.79 Å². The van der Waals surface area contributed by atoms with Crippen molar-refractivity contribution >= 4 is 28.9 Å². The third-order valence-corrected chi connectivity index (χ3v) is 6.34. The van der Waals surface area contributed by atoms with E-state index in [1.807, 2.05) is 31.2 Å². The third kappa shape index (κ3) is 3.34. The van der Waals surface area contributed by atoms with Crippen LogP contribution in [0.4, 0.5) is 5.69 Å². The number of aromatic carboxylic acids is 1. The lowest BCUT2D eigenvalue weighted by molar-refractivity contribution is -0.116. The molecule has 29 heavy (non-hydrogen) atoms. The maximum atomic E-state index is 12.5. The second-order valence-electron chi connectivity index (χ2n) is 6.95. The molecule has 0 spiro atoms. The maximum Gasteiger partial charge on any atom is 0.346 e. The van der Waals surface area contributed by atoms with Gasteiger partial charge in [0.15, 0.2) is 11.5 Å². The van der Waals surface area contributed by atoms with E-state index in [2.05, 4.69) is 5.32 Å². The molecule has 3 aromatic rings. The van der Waals surface area contributed by atoms with Crippen molar-refractivity contribution in [1.82, 2.24) is 0 Å². The Hall–Kier alpha value is -3.32. The summed E-state index contributed by atoms with van der Waals surface area (Å²) in [6.45, 7) is 1.96. The van der Waals surface area contributed by atoms with Crippen molar-refractivity contribution < 1.29 is 24.5 Å². The molecular weight excluding hydrogens is 390 g/mol. The number of carboxylic acid groups (broad SMARTS) is 1. The van der Waals surface area contributed by atoms with Gasteiger partial charge >= 0.3 is 5.97 Å². The fourth-order valence-electron chi connectivity index (χ4n) is 3.63. The number of anilines is 1. The highest BCUT2D eigenvalue weighted by atomic mass is 32.1. The number of thiophene rings is 1. The Morgan fingerprint density at radius 1 is 1.21 bits per heavy atom. The number of phenolic OH excluding ortho intramolecular Hbond substituents is 1. The predicted molar refractivity (Wildman–Crippen MR) is 111 cm³/mol. The van der Waals surface area contributed by atoms with Crippen LogP contribution in [0.2, 0.25) is 0 Å². The van der Waals surface area contributed by atoms with E-state index in [-0.39, 0.29) is 28.9 Å². The summed E-state index contributed by atoms with van der Waals surface area (Å²) in [5.41, 5.74) is 3.59. The lowest BCUT2D eigenvalue weighted by atomic mass is 9.88. The molecule has 6 nitrogen and oxygen atoms in total. The van der Waals surface area contributed by atoms with E-state index in [9.17, 15) is 19.8 Å². The van der Waals surface area contributed by atoms with Gasteiger partial charge in [-0.3, -0.25) is 4.79 Å². The Kier molecular flexibility index (Phi) is 4.76. The molecule has 1 aliphatic rings. The molecule has 2 aromatic carbocycles. The highest BCUT2D eigenvalue weighted by Gasteiger charge is 2.34. The van der Waals surface area contributed by atoms with Crippen molar-refractivity contribution in [2.24, 2.45) is 0 Å². The molecule has 0 aliphatic carbocycles. The van der Waals surface area contributed by atoms with Crippen LogP contribution < -0.4 is 10.1 Å². The average molecular weight is 409 g/mol. The van der Waals surface area contributed by atoms with Gasteiger partial charge < -0.3 is 20.3 Å². The quantitative estimate of drug-likeness (QED) is 0.585. The lowest BCUT2D eigenvalue weighted by Crippen LogP contribution is -2.22. The number of carboxylic acids is 1. The highest BCUT2D eigenvalue weighted by molar-refractivity contribution is 7.15. The molecule has 148 valence electrons. The fourth-order valence-corrected chi connectivity index (χ4v) is 4.87. The van der Waals surface area contributed by atoms with E-state index in [0.29, 0.717) is 17.0 Å². The van der Waals surface area contributed by atoms with Crippen molar-refractivity contribution in [1.29, 1.82) is 0 Å². The molecule has 0 radical (unpaired) electrons. The predicted octanol–water partition coefficient (Wildman–Crippen LogP) is 4.61. The average Bonchev–Trinajstić information content (AvgIpc) is 3.07. The highest BCUT2D eigenvalue weighted by Crippen LogP contribution is 2.50. The number of aromatic hydroxyl groups is 1. The van der Waals surface area contributed by atoms with Crippen molar-refractivity contribution in [2.45, 2.75) is 19.3 Å². The number of carbonyl (C=O) groups is 2. The Balaban J connectivity index is 1.90. The van der Waals surface area contributed by atoms with Crippen LogP contribution in [0.5, 0.6) is 11.5 Å². The van der Waals surface area contributed by atoms with Gasteiger partial charge in [0.1, 0.15) is 4.88 Å². The van der Waals surface area contributed by atoms with Gasteiger partial charge in [-0.1, -0.05) is 35.9 Å². The number of amides is 1. The molecule has 1 aromatic heterocycles. The Labute approximate surface area is 171 Å². The summed E-state index contributed by atoms with van der Waals surface area (Å²) in [5.74, 6) is -1.26. The van der Waals surface area contributed by atoms with Gasteiger partial charge in [-0.05, 0) is 30.2 Å². The van der Waals surface area contributed by atoms with E-state index in [1.54, 1.807) is 18.2 Å². The topological polar surface area (TPSA) is 95.9 Å². The zero-order valence-electron chi connectivity index (χ0n) is 15.9. The number of phenols is 1. The molecule has 1 aliphatic heterocycles. The number of ether oxygens (including phenoxy) is 1. The summed E-state index contributed by atoms with van der Waals surface area (Å²) < 4.78 is 5.10. The van der Waals surface area contributed by atoms with Crippen LogP contribution in [0.15, 0.2) is 42.5 Å². The molecule has 0 saturated carbocycles. The second kappa shape index (κ2) is 7.25. The second-order valence-corrected chi connectivity index (χ2v) is 8.00. The first kappa shape index (κ1) is 19.0. The fraction of sp³-hybridized carbons (Fsp3) is 0.182. The summed E-state index contributed by atoms with van der Waals surface area (Å²) in [7, 11) is 1.47. The standard InChI is InChI=1S/C22H19NO5S/c1-11-3-5-12(6-4-11)18-19-20(29-21(18)22(26)27)14(10-17(25)23-19)13-7-8-16(28-2)15(24)9-13/h3-9,14,24H,10H2,1-2H3,(H,23,25)(H,26,27).